The Labute approximate surface area is 115 Å². The molecule has 2 aliphatic carbocycles. The molecule has 0 N–H and O–H groups in total. The number of amides is 1. The Morgan fingerprint density at radius 2 is 2.21 bits per heavy atom. The highest BCUT2D eigenvalue weighted by molar-refractivity contribution is 5.85. The first-order valence-corrected chi connectivity index (χ1v) is 7.16. The van der Waals surface area contributed by atoms with Gasteiger partial charge in [-0.25, -0.2) is 0 Å². The number of methoxy groups -OCH3 is 1. The minimum atomic E-state index is -0.891. The van der Waals surface area contributed by atoms with E-state index < -0.39 is 5.41 Å². The molecule has 106 valence electrons. The molecule has 0 aromatic rings. The van der Waals surface area contributed by atoms with Crippen LogP contribution in [0.25, 0.3) is 0 Å². The smallest absolute Gasteiger partial charge is 0.242 e. The molecular formula is C15H24N2O2. The average molecular weight is 264 g/mol. The second-order valence-corrected chi connectivity index (χ2v) is 6.28. The molecule has 0 saturated heterocycles. The van der Waals surface area contributed by atoms with E-state index in [0.717, 1.165) is 19.3 Å². The Balaban J connectivity index is 2.12. The molecule has 2 saturated carbocycles. The Kier molecular flexibility index (Phi) is 3.61. The quantitative estimate of drug-likeness (QED) is 0.783. The molecule has 2 fully saturated rings. The number of hydrogen-bond donors (Lipinski definition) is 0. The number of rotatable bonds is 4. The summed E-state index contributed by atoms with van der Waals surface area (Å²) in [5.41, 5.74) is -0.721. The van der Waals surface area contributed by atoms with Crippen molar-refractivity contribution in [3.8, 4) is 6.07 Å². The lowest BCUT2D eigenvalue weighted by atomic mass is 9.50. The van der Waals surface area contributed by atoms with Crippen LogP contribution in [-0.2, 0) is 9.53 Å². The molecule has 0 aromatic carbocycles. The summed E-state index contributed by atoms with van der Waals surface area (Å²) in [6, 6.07) is 2.43. The van der Waals surface area contributed by atoms with E-state index in [9.17, 15) is 10.1 Å². The van der Waals surface area contributed by atoms with E-state index in [0.29, 0.717) is 6.42 Å². The lowest BCUT2D eigenvalue weighted by Gasteiger charge is -2.63. The van der Waals surface area contributed by atoms with Gasteiger partial charge in [-0.1, -0.05) is 13.3 Å². The van der Waals surface area contributed by atoms with Crippen molar-refractivity contribution in [2.24, 2.45) is 10.8 Å². The van der Waals surface area contributed by atoms with Crippen LogP contribution in [-0.4, -0.2) is 37.1 Å². The van der Waals surface area contributed by atoms with E-state index in [-0.39, 0.29) is 23.5 Å². The van der Waals surface area contributed by atoms with E-state index in [1.54, 1.807) is 14.0 Å². The van der Waals surface area contributed by atoms with Crippen LogP contribution >= 0.6 is 0 Å². The fourth-order valence-corrected chi connectivity index (χ4v) is 3.65. The average Bonchev–Trinajstić information content (AvgIpc) is 2.34. The van der Waals surface area contributed by atoms with Crippen molar-refractivity contribution in [1.82, 2.24) is 4.90 Å². The number of carbonyl (C=O) groups excluding carboxylic acids is 1. The molecule has 1 spiro atoms. The maximum absolute atomic E-state index is 12.5. The predicted octanol–water partition coefficient (Wildman–Crippen LogP) is 2.34. The molecule has 0 radical (unpaired) electrons. The maximum atomic E-state index is 12.5. The van der Waals surface area contributed by atoms with E-state index in [1.807, 2.05) is 18.9 Å². The van der Waals surface area contributed by atoms with Crippen LogP contribution in [0.4, 0.5) is 0 Å². The monoisotopic (exact) mass is 264 g/mol. The van der Waals surface area contributed by atoms with Gasteiger partial charge >= 0.3 is 0 Å². The molecule has 4 nitrogen and oxygen atoms in total. The SMILES string of the molecule is CCC(C)(C#N)C(=O)N(C)C1CC(OC)C12CCC2. The van der Waals surface area contributed by atoms with Crippen LogP contribution < -0.4 is 0 Å². The minimum absolute atomic E-state index is 0.0386. The largest absolute Gasteiger partial charge is 0.381 e. The Hall–Kier alpha value is -1.08. The normalized spacial score (nSPS) is 30.7. The zero-order valence-electron chi connectivity index (χ0n) is 12.4. The van der Waals surface area contributed by atoms with E-state index in [4.69, 9.17) is 4.74 Å². The topological polar surface area (TPSA) is 53.3 Å². The first-order chi connectivity index (χ1) is 8.95. The molecule has 4 heteroatoms. The zero-order valence-corrected chi connectivity index (χ0v) is 12.4. The lowest BCUT2D eigenvalue weighted by molar-refractivity contribution is -0.197. The van der Waals surface area contributed by atoms with Gasteiger partial charge in [0.15, 0.2) is 0 Å². The van der Waals surface area contributed by atoms with Crippen LogP contribution in [0, 0.1) is 22.2 Å². The molecule has 19 heavy (non-hydrogen) atoms. The molecule has 0 bridgehead atoms. The molecule has 0 heterocycles. The fourth-order valence-electron chi connectivity index (χ4n) is 3.65. The van der Waals surface area contributed by atoms with E-state index in [2.05, 4.69) is 6.07 Å². The number of nitriles is 1. The maximum Gasteiger partial charge on any atom is 0.242 e. The van der Waals surface area contributed by atoms with Crippen molar-refractivity contribution in [1.29, 1.82) is 5.26 Å². The summed E-state index contributed by atoms with van der Waals surface area (Å²) in [6.07, 6.45) is 5.26. The molecule has 1 amide bonds. The van der Waals surface area contributed by atoms with Crippen LogP contribution in [0.2, 0.25) is 0 Å². The van der Waals surface area contributed by atoms with Crippen LogP contribution in [0.1, 0.15) is 46.0 Å². The predicted molar refractivity (Wildman–Crippen MR) is 72.3 cm³/mol. The van der Waals surface area contributed by atoms with Crippen molar-refractivity contribution in [3.63, 3.8) is 0 Å². The third kappa shape index (κ3) is 1.87. The molecule has 2 aliphatic rings. The van der Waals surface area contributed by atoms with Crippen molar-refractivity contribution in [2.75, 3.05) is 14.2 Å². The van der Waals surface area contributed by atoms with Crippen LogP contribution in [0.15, 0.2) is 0 Å². The summed E-state index contributed by atoms with van der Waals surface area (Å²) in [4.78, 5) is 14.4. The van der Waals surface area contributed by atoms with Gasteiger partial charge in [0.1, 0.15) is 5.41 Å². The van der Waals surface area contributed by atoms with Gasteiger partial charge in [-0.15, -0.1) is 0 Å². The first kappa shape index (κ1) is 14.3. The molecule has 3 unspecified atom stereocenters. The Morgan fingerprint density at radius 1 is 1.58 bits per heavy atom. The lowest BCUT2D eigenvalue weighted by Crippen LogP contribution is -2.68. The van der Waals surface area contributed by atoms with Gasteiger partial charge in [0, 0.05) is 25.6 Å². The molecule has 3 atom stereocenters. The number of ether oxygens (including phenoxy) is 1. The van der Waals surface area contributed by atoms with Crippen LogP contribution in [0.5, 0.6) is 0 Å². The standard InChI is InChI=1S/C15H24N2O2/c1-5-14(2,10-16)13(18)17(3)11-9-12(19-4)15(11)7-6-8-15/h11-12H,5-9H2,1-4H3. The van der Waals surface area contributed by atoms with Crippen molar-refractivity contribution in [2.45, 2.75) is 58.1 Å². The number of nitrogens with zero attached hydrogens (tertiary/aromatic N) is 2. The summed E-state index contributed by atoms with van der Waals surface area (Å²) >= 11 is 0. The molecule has 2 rings (SSSR count). The highest BCUT2D eigenvalue weighted by atomic mass is 16.5. The number of carbonyl (C=O) groups is 1. The van der Waals surface area contributed by atoms with Gasteiger partial charge in [-0.3, -0.25) is 4.79 Å². The zero-order chi connectivity index (χ0) is 14.3. The van der Waals surface area contributed by atoms with Gasteiger partial charge in [-0.05, 0) is 32.6 Å². The second kappa shape index (κ2) is 4.79. The summed E-state index contributed by atoms with van der Waals surface area (Å²) in [5, 5.41) is 9.25. The fraction of sp³-hybridized carbons (Fsp3) is 0.867. The van der Waals surface area contributed by atoms with Crippen LogP contribution in [0.3, 0.4) is 0 Å². The van der Waals surface area contributed by atoms with Gasteiger partial charge in [-0.2, -0.15) is 5.26 Å². The van der Waals surface area contributed by atoms with Crippen molar-refractivity contribution < 1.29 is 9.53 Å². The van der Waals surface area contributed by atoms with Crippen molar-refractivity contribution >= 4 is 5.91 Å². The number of hydrogen-bond acceptors (Lipinski definition) is 3. The summed E-state index contributed by atoms with van der Waals surface area (Å²) in [7, 11) is 3.61. The third-order valence-corrected chi connectivity index (χ3v) is 5.52. The minimum Gasteiger partial charge on any atom is -0.381 e. The van der Waals surface area contributed by atoms with Gasteiger partial charge in [0.25, 0.3) is 0 Å². The molecule has 0 aromatic heterocycles. The third-order valence-electron chi connectivity index (χ3n) is 5.52. The molecular weight excluding hydrogens is 240 g/mol. The first-order valence-electron chi connectivity index (χ1n) is 7.16. The summed E-state index contributed by atoms with van der Waals surface area (Å²) in [6.45, 7) is 3.64. The Bertz CT molecular complexity index is 411. The summed E-state index contributed by atoms with van der Waals surface area (Å²) in [5.74, 6) is -0.0386. The molecule has 0 aliphatic heterocycles. The summed E-state index contributed by atoms with van der Waals surface area (Å²) < 4.78 is 5.54. The second-order valence-electron chi connectivity index (χ2n) is 6.28. The van der Waals surface area contributed by atoms with E-state index in [1.165, 1.54) is 6.42 Å². The van der Waals surface area contributed by atoms with Gasteiger partial charge < -0.3 is 9.64 Å². The van der Waals surface area contributed by atoms with Crippen molar-refractivity contribution in [3.05, 3.63) is 0 Å². The van der Waals surface area contributed by atoms with Gasteiger partial charge in [0.2, 0.25) is 5.91 Å². The van der Waals surface area contributed by atoms with Gasteiger partial charge in [0.05, 0.1) is 12.2 Å². The highest BCUT2D eigenvalue weighted by Gasteiger charge is 2.61. The highest BCUT2D eigenvalue weighted by Crippen LogP contribution is 2.59. The Morgan fingerprint density at radius 3 is 2.58 bits per heavy atom. The van der Waals surface area contributed by atoms with E-state index >= 15 is 0 Å².